The van der Waals surface area contributed by atoms with E-state index in [1.165, 1.54) is 30.3 Å². The number of nitrogen functional groups attached to an aromatic ring is 1. The third-order valence-electron chi connectivity index (χ3n) is 8.28. The van der Waals surface area contributed by atoms with Gasteiger partial charge in [0.2, 0.25) is 24.6 Å². The zero-order chi connectivity index (χ0) is 48.5. The molecule has 1 fully saturated rings. The average molecular weight is 1130 g/mol. The molecule has 0 unspecified atom stereocenters. The maximum Gasteiger partial charge on any atom is 0.417 e. The zero-order valence-electron chi connectivity index (χ0n) is 32.1. The van der Waals surface area contributed by atoms with Gasteiger partial charge in [-0.05, 0) is 72.3 Å². The molecular weight excluding hydrogens is 1100 g/mol. The number of hydrogen-bond acceptors (Lipinski definition) is 11. The lowest BCUT2D eigenvalue weighted by Crippen LogP contribution is -2.30. The topological polar surface area (TPSA) is 168 Å². The normalized spacial score (nSPS) is 12.9. The van der Waals surface area contributed by atoms with Gasteiger partial charge in [0.1, 0.15) is 0 Å². The van der Waals surface area contributed by atoms with Crippen molar-refractivity contribution >= 4 is 59.7 Å². The van der Waals surface area contributed by atoms with E-state index >= 15 is 0 Å². The number of methoxy groups -OCH3 is 1. The lowest BCUT2D eigenvalue weighted by Gasteiger charge is -2.29. The first-order valence-corrected chi connectivity index (χ1v) is 19.7. The number of carbonyl (C=O) groups excluding carboxylic acids is 2. The number of esters is 1. The van der Waals surface area contributed by atoms with Gasteiger partial charge in [-0.1, -0.05) is 53.9 Å². The fourth-order valence-electron chi connectivity index (χ4n) is 5.13. The van der Waals surface area contributed by atoms with Crippen LogP contribution >= 0.6 is 47.8 Å². The maximum absolute atomic E-state index is 13.1. The van der Waals surface area contributed by atoms with Crippen LogP contribution in [0.4, 0.5) is 52.7 Å². The Morgan fingerprint density at radius 2 is 1.02 bits per heavy atom. The van der Waals surface area contributed by atoms with E-state index in [1.807, 2.05) is 0 Å². The molecule has 1 aliphatic rings. The Labute approximate surface area is 382 Å². The molecule has 2 aromatic heterocycles. The number of hydrogen-bond donors (Lipinski definition) is 2. The van der Waals surface area contributed by atoms with Crippen molar-refractivity contribution in [2.24, 2.45) is 5.84 Å². The van der Waals surface area contributed by atoms with Crippen molar-refractivity contribution in [1.82, 2.24) is 25.8 Å². The predicted molar refractivity (Wildman–Crippen MR) is 212 cm³/mol. The summed E-state index contributed by atoms with van der Waals surface area (Å²) in [4.78, 5) is 22.0. The Bertz CT molecular complexity index is 2480. The smallest absolute Gasteiger partial charge is 0.417 e. The van der Waals surface area contributed by atoms with Gasteiger partial charge in [0.05, 0.1) is 48.1 Å². The third-order valence-corrected chi connectivity index (χ3v) is 10.4. The van der Waals surface area contributed by atoms with Gasteiger partial charge in [0, 0.05) is 36.0 Å². The fourth-order valence-corrected chi connectivity index (χ4v) is 6.55. The number of halogens is 15. The van der Waals surface area contributed by atoms with E-state index in [-0.39, 0.29) is 58.9 Å². The molecule has 348 valence electrons. The highest BCUT2D eigenvalue weighted by Crippen LogP contribution is 2.41. The molecule has 0 aliphatic carbocycles. The van der Waals surface area contributed by atoms with Crippen LogP contribution in [0.1, 0.15) is 54.5 Å². The Morgan fingerprint density at radius 3 is 1.40 bits per heavy atom. The molecule has 3 heterocycles. The van der Waals surface area contributed by atoms with Crippen molar-refractivity contribution in [2.45, 2.75) is 30.6 Å². The number of amides is 1. The molecule has 0 bridgehead atoms. The predicted octanol–water partition coefficient (Wildman–Crippen LogP) is 11.7. The molecule has 1 aliphatic heterocycles. The summed E-state index contributed by atoms with van der Waals surface area (Å²) in [5, 5.41) is 14.0. The quantitative estimate of drug-likeness (QED) is 0.0554. The van der Waals surface area contributed by atoms with Crippen LogP contribution in [0.15, 0.2) is 108 Å². The molecule has 65 heavy (non-hydrogen) atoms. The highest BCUT2D eigenvalue weighted by atomic mass is 79.9. The van der Waals surface area contributed by atoms with E-state index < -0.39 is 58.8 Å². The van der Waals surface area contributed by atoms with Crippen molar-refractivity contribution in [3.63, 3.8) is 0 Å². The lowest BCUT2D eigenvalue weighted by atomic mass is 9.91. The minimum atomic E-state index is -4.51. The number of ether oxygens (including phenoxy) is 2. The number of hydrazine groups is 1. The van der Waals surface area contributed by atoms with Gasteiger partial charge in [-0.25, -0.2) is 10.6 Å². The number of aromatic nitrogens is 4. The summed E-state index contributed by atoms with van der Waals surface area (Å²) in [6.07, 6.45) is -15.7. The van der Waals surface area contributed by atoms with E-state index in [4.69, 9.17) is 19.4 Å². The second-order valence-electron chi connectivity index (χ2n) is 12.6. The van der Waals surface area contributed by atoms with Crippen molar-refractivity contribution in [2.75, 3.05) is 20.3 Å². The van der Waals surface area contributed by atoms with Gasteiger partial charge >= 0.3 is 30.7 Å². The molecule has 6 aromatic rings. The third kappa shape index (κ3) is 14.3. The Kier molecular flexibility index (Phi) is 17.5. The second-order valence-corrected chi connectivity index (χ2v) is 15.1. The Morgan fingerprint density at radius 1 is 0.615 bits per heavy atom. The van der Waals surface area contributed by atoms with Gasteiger partial charge in [-0.2, -0.15) is 52.7 Å². The average Bonchev–Trinajstić information content (AvgIpc) is 3.96. The molecule has 4 aromatic carbocycles. The summed E-state index contributed by atoms with van der Waals surface area (Å²) < 4.78 is 170. The first-order valence-electron chi connectivity index (χ1n) is 17.3. The summed E-state index contributed by atoms with van der Waals surface area (Å²) >= 11 is 8.36. The van der Waals surface area contributed by atoms with E-state index in [0.29, 0.717) is 13.2 Å². The Hall–Kier alpha value is -5.38. The van der Waals surface area contributed by atoms with Crippen LogP contribution in [0, 0.1) is 0 Å². The van der Waals surface area contributed by atoms with Crippen molar-refractivity contribution in [3.8, 4) is 22.9 Å². The van der Waals surface area contributed by atoms with Crippen molar-refractivity contribution in [1.29, 1.82) is 0 Å². The van der Waals surface area contributed by atoms with Crippen LogP contribution in [-0.2, 0) is 34.2 Å². The second kappa shape index (κ2) is 21.7. The first kappa shape index (κ1) is 52.2. The molecule has 0 spiro atoms. The monoisotopic (exact) mass is 1130 g/mol. The molecule has 3 N–H and O–H groups in total. The number of nitrogens with one attached hydrogen (secondary N) is 1. The Balaban J connectivity index is 0.000000191. The van der Waals surface area contributed by atoms with Gasteiger partial charge in [0.25, 0.3) is 5.91 Å². The first-order chi connectivity index (χ1) is 30.3. The minimum Gasteiger partial charge on any atom is -0.465 e. The SMILES string of the molecule is COC(=O)c1ccc(Br)c(C(F)(F)F)c1.FC(F)(F)c1cc(-c2nnco2)ccc1Br.FC(F)(F)c1cc(-c2nnco2)ccc1C1COC1.NNC(=O)c1ccc(Br)c(C(F)(F)F)c1. The van der Waals surface area contributed by atoms with Crippen molar-refractivity contribution in [3.05, 3.63) is 138 Å². The van der Waals surface area contributed by atoms with Gasteiger partial charge in [-0.3, -0.25) is 10.2 Å². The largest absolute Gasteiger partial charge is 0.465 e. The van der Waals surface area contributed by atoms with Gasteiger partial charge < -0.3 is 18.3 Å². The van der Waals surface area contributed by atoms with Crippen LogP contribution in [0.3, 0.4) is 0 Å². The summed E-state index contributed by atoms with van der Waals surface area (Å²) in [7, 11) is 1.11. The summed E-state index contributed by atoms with van der Waals surface area (Å²) in [6, 6.07) is 14.0. The highest BCUT2D eigenvalue weighted by Gasteiger charge is 2.38. The molecule has 12 nitrogen and oxygen atoms in total. The molecule has 0 saturated carbocycles. The molecule has 0 radical (unpaired) electrons. The van der Waals surface area contributed by atoms with Crippen LogP contribution in [0.25, 0.3) is 22.9 Å². The molecule has 7 rings (SSSR count). The summed E-state index contributed by atoms with van der Waals surface area (Å²) in [6.45, 7) is 0.645. The fraction of sp³-hybridized carbons (Fsp3) is 0.211. The number of alkyl halides is 12. The number of nitrogens with two attached hydrogens (primary N) is 1. The van der Waals surface area contributed by atoms with Gasteiger partial charge in [0.15, 0.2) is 0 Å². The summed E-state index contributed by atoms with van der Waals surface area (Å²) in [5.74, 6) is 3.16. The number of benzene rings is 4. The van der Waals surface area contributed by atoms with E-state index in [0.717, 1.165) is 56.3 Å². The molecule has 1 saturated heterocycles. The van der Waals surface area contributed by atoms with E-state index in [2.05, 4.69) is 72.9 Å². The van der Waals surface area contributed by atoms with E-state index in [9.17, 15) is 62.3 Å². The molecular formula is C38H25Br3F12N6O6. The summed E-state index contributed by atoms with van der Waals surface area (Å²) in [5.41, 5.74) is -1.04. The standard InChI is InChI=1S/C12H9F3N2O2.C9H4BrF3N2O.C9H6BrF3O2.C8H6BrF3N2O/c13-12(14,15)10-3-7(11-17-16-6-19-11)1-2-9(10)8-4-18-5-8;10-7-2-1-5(8-15-14-4-16-8)3-6(7)9(11,12)13;1-15-8(14)5-2-3-7(10)6(4-5)9(11,12)13;9-6-2-1-4(7(15)14-13)3-5(6)8(10,11)12/h1-3,6,8H,4-5H2;1-4H;2-4H,1H3;1-3H,13H2,(H,14,15). The maximum atomic E-state index is 13.1. The minimum absolute atomic E-state index is 0.0248. The van der Waals surface area contributed by atoms with Crippen LogP contribution < -0.4 is 11.3 Å². The molecule has 27 heteroatoms. The molecule has 1 amide bonds. The number of rotatable bonds is 5. The highest BCUT2D eigenvalue weighted by molar-refractivity contribution is 9.11. The van der Waals surface area contributed by atoms with Crippen molar-refractivity contribution < 1.29 is 80.6 Å². The zero-order valence-corrected chi connectivity index (χ0v) is 36.8. The van der Waals surface area contributed by atoms with E-state index in [1.54, 1.807) is 11.5 Å². The van der Waals surface area contributed by atoms with Crippen LogP contribution in [-0.4, -0.2) is 52.6 Å². The van der Waals surface area contributed by atoms with Crippen LogP contribution in [0.5, 0.6) is 0 Å². The molecule has 0 atom stereocenters. The number of nitrogens with zero attached hydrogens (tertiary/aromatic N) is 4. The number of carbonyl (C=O) groups is 2. The van der Waals surface area contributed by atoms with Gasteiger partial charge in [-0.15, -0.1) is 20.4 Å². The lowest BCUT2D eigenvalue weighted by molar-refractivity contribution is -0.140. The van der Waals surface area contributed by atoms with Crippen LogP contribution in [0.2, 0.25) is 0 Å².